The molecule has 1 aliphatic rings. The smallest absolute Gasteiger partial charge is 0.315 e. The molecule has 0 aliphatic carbocycles. The highest BCUT2D eigenvalue weighted by atomic mass is 32.2. The summed E-state index contributed by atoms with van der Waals surface area (Å²) >= 11 is 4.89. The highest BCUT2D eigenvalue weighted by Crippen LogP contribution is 2.27. The Balaban J connectivity index is 2.20. The van der Waals surface area contributed by atoms with E-state index in [1.54, 1.807) is 22.7 Å². The van der Waals surface area contributed by atoms with Crippen molar-refractivity contribution in [2.24, 2.45) is 0 Å². The van der Waals surface area contributed by atoms with Crippen molar-refractivity contribution >= 4 is 40.4 Å². The molecule has 0 bridgehead atoms. The maximum absolute atomic E-state index is 10.5. The van der Waals surface area contributed by atoms with Gasteiger partial charge in [0.1, 0.15) is 13.1 Å². The van der Waals surface area contributed by atoms with Crippen molar-refractivity contribution < 1.29 is 9.90 Å². The lowest BCUT2D eigenvalue weighted by Crippen LogP contribution is -2.31. The number of carboxylic acids is 1. The summed E-state index contributed by atoms with van der Waals surface area (Å²) in [4.78, 5) is 11.7. The van der Waals surface area contributed by atoms with Gasteiger partial charge in [-0.15, -0.1) is 11.8 Å². The number of carbonyl (C=O) groups excluding carboxylic acids is 1. The van der Waals surface area contributed by atoms with E-state index in [1.165, 1.54) is 39.9 Å². The van der Waals surface area contributed by atoms with E-state index in [9.17, 15) is 9.90 Å². The first-order valence-electron chi connectivity index (χ1n) is 5.68. The number of nitrogens with zero attached hydrogens (tertiary/aromatic N) is 1. The molecule has 1 aliphatic heterocycles. The number of thioether (sulfide) groups is 1. The zero-order chi connectivity index (χ0) is 12.3. The zero-order valence-corrected chi connectivity index (χ0v) is 12.2. The minimum Gasteiger partial charge on any atom is -0.549 e. The Morgan fingerprint density at radius 2 is 2.06 bits per heavy atom. The lowest BCUT2D eigenvalue weighted by molar-refractivity contribution is -0.301. The van der Waals surface area contributed by atoms with Crippen molar-refractivity contribution in [2.75, 3.05) is 18.8 Å². The third kappa shape index (κ3) is 3.56. The van der Waals surface area contributed by atoms with E-state index in [4.69, 9.17) is 0 Å². The van der Waals surface area contributed by atoms with Crippen LogP contribution in [0.25, 0.3) is 0 Å². The summed E-state index contributed by atoms with van der Waals surface area (Å²) in [5.74, 6) is -0.944. The number of aliphatic carboxylic acids is 1. The second-order valence-corrected chi connectivity index (χ2v) is 7.73. The fraction of sp³-hybridized carbons (Fsp3) is 0.636. The molecule has 94 valence electrons. The minimum absolute atomic E-state index is 0.0491. The highest BCUT2D eigenvalue weighted by molar-refractivity contribution is 8.02. The summed E-state index contributed by atoms with van der Waals surface area (Å²) in [5.41, 5.74) is 0. The van der Waals surface area contributed by atoms with Gasteiger partial charge < -0.3 is 9.90 Å². The Kier molecular flexibility index (Phi) is 4.64. The Hall–Kier alpha value is -0.330. The number of carbonyl (C=O) groups is 1. The molecule has 17 heavy (non-hydrogen) atoms. The second kappa shape index (κ2) is 6.02. The molecule has 0 unspecified atom stereocenters. The summed E-state index contributed by atoms with van der Waals surface area (Å²) in [7, 11) is 0. The topological polar surface area (TPSA) is 43.1 Å². The standard InChI is InChI=1S/C11H15NO2S3/c1-8-10(15-7-9(13)14)17-11(16-8)12-5-3-2-4-6-12/h2-7H2,1H3. The number of rotatable bonds is 3. The fourth-order valence-electron chi connectivity index (χ4n) is 1.81. The molecule has 1 fully saturated rings. The van der Waals surface area contributed by atoms with E-state index < -0.39 is 5.97 Å². The van der Waals surface area contributed by atoms with Gasteiger partial charge in [0.15, 0.2) is 0 Å². The van der Waals surface area contributed by atoms with Crippen LogP contribution >= 0.6 is 34.4 Å². The van der Waals surface area contributed by atoms with E-state index in [0.717, 1.165) is 17.3 Å². The van der Waals surface area contributed by atoms with Crippen molar-refractivity contribution in [1.29, 1.82) is 0 Å². The lowest BCUT2D eigenvalue weighted by Gasteiger charge is -2.07. The van der Waals surface area contributed by atoms with Gasteiger partial charge in [0.25, 0.3) is 0 Å². The Morgan fingerprint density at radius 1 is 1.35 bits per heavy atom. The molecule has 1 aromatic heterocycles. The molecule has 2 heterocycles. The predicted molar refractivity (Wildman–Crippen MR) is 71.5 cm³/mol. The van der Waals surface area contributed by atoms with Gasteiger partial charge in [-0.3, -0.25) is 0 Å². The SMILES string of the molecule is Cc1sc(=[N+]2CCCCC2)sc1SCC(=O)[O-]. The van der Waals surface area contributed by atoms with E-state index >= 15 is 0 Å². The van der Waals surface area contributed by atoms with E-state index in [0.29, 0.717) is 0 Å². The van der Waals surface area contributed by atoms with Gasteiger partial charge >= 0.3 is 3.98 Å². The minimum atomic E-state index is -0.993. The second-order valence-electron chi connectivity index (χ2n) is 4.02. The fourth-order valence-corrected chi connectivity index (χ4v) is 5.68. The van der Waals surface area contributed by atoms with Crippen LogP contribution in [0.2, 0.25) is 0 Å². The van der Waals surface area contributed by atoms with Crippen LogP contribution in [0.4, 0.5) is 0 Å². The molecular formula is C11H15NO2S3. The van der Waals surface area contributed by atoms with Crippen LogP contribution in [0.3, 0.4) is 0 Å². The maximum atomic E-state index is 10.5. The normalized spacial score (nSPS) is 16.2. The highest BCUT2D eigenvalue weighted by Gasteiger charge is 2.15. The number of carboxylic acid groups (broad SMARTS) is 1. The summed E-state index contributed by atoms with van der Waals surface area (Å²) in [5, 5.41) is 10.5. The Labute approximate surface area is 113 Å². The van der Waals surface area contributed by atoms with E-state index in [2.05, 4.69) is 11.5 Å². The predicted octanol–water partition coefficient (Wildman–Crippen LogP) is 0.916. The van der Waals surface area contributed by atoms with Gasteiger partial charge in [-0.05, 0) is 24.7 Å². The Bertz CT molecular complexity index is 467. The average molecular weight is 289 g/mol. The first kappa shape index (κ1) is 13.1. The van der Waals surface area contributed by atoms with Crippen molar-refractivity contribution in [2.45, 2.75) is 30.4 Å². The number of piperidine rings is 1. The molecule has 0 spiro atoms. The van der Waals surface area contributed by atoms with Crippen LogP contribution < -0.4 is 13.7 Å². The van der Waals surface area contributed by atoms with Gasteiger partial charge in [-0.25, -0.2) is 4.58 Å². The van der Waals surface area contributed by atoms with E-state index in [1.807, 2.05) is 0 Å². The quantitative estimate of drug-likeness (QED) is 0.614. The van der Waals surface area contributed by atoms with Crippen molar-refractivity contribution in [3.05, 3.63) is 8.86 Å². The van der Waals surface area contributed by atoms with Crippen LogP contribution in [-0.2, 0) is 4.79 Å². The number of hydrogen-bond acceptors (Lipinski definition) is 5. The lowest BCUT2D eigenvalue weighted by atomic mass is 10.2. The molecule has 6 heteroatoms. The largest absolute Gasteiger partial charge is 0.549 e. The molecule has 0 amide bonds. The molecule has 0 aromatic carbocycles. The summed E-state index contributed by atoms with van der Waals surface area (Å²) < 4.78 is 4.87. The van der Waals surface area contributed by atoms with Crippen molar-refractivity contribution in [3.8, 4) is 0 Å². The van der Waals surface area contributed by atoms with Gasteiger partial charge in [0.05, 0.1) is 10.2 Å². The maximum Gasteiger partial charge on any atom is 0.315 e. The average Bonchev–Trinajstić information content (AvgIpc) is 2.69. The first-order chi connectivity index (χ1) is 8.16. The van der Waals surface area contributed by atoms with Crippen molar-refractivity contribution in [3.63, 3.8) is 0 Å². The molecule has 3 nitrogen and oxygen atoms in total. The van der Waals surface area contributed by atoms with Crippen LogP contribution in [0.5, 0.6) is 0 Å². The molecule has 0 atom stereocenters. The number of aryl methyl sites for hydroxylation is 1. The molecule has 1 aromatic rings. The summed E-state index contributed by atoms with van der Waals surface area (Å²) in [6, 6.07) is 0. The zero-order valence-electron chi connectivity index (χ0n) is 9.73. The molecule has 0 saturated carbocycles. The monoisotopic (exact) mass is 289 g/mol. The van der Waals surface area contributed by atoms with Gasteiger partial charge in [0.2, 0.25) is 0 Å². The van der Waals surface area contributed by atoms with Crippen LogP contribution in [0.15, 0.2) is 4.21 Å². The van der Waals surface area contributed by atoms with Gasteiger partial charge in [-0.2, -0.15) is 0 Å². The molecule has 0 radical (unpaired) electrons. The third-order valence-corrected chi connectivity index (χ3v) is 6.82. The molecule has 1 saturated heterocycles. The van der Waals surface area contributed by atoms with Gasteiger partial charge in [-0.1, -0.05) is 11.3 Å². The summed E-state index contributed by atoms with van der Waals surface area (Å²) in [6.45, 7) is 4.34. The molecular weight excluding hydrogens is 274 g/mol. The van der Waals surface area contributed by atoms with Crippen LogP contribution in [0.1, 0.15) is 24.1 Å². The molecule has 2 rings (SSSR count). The van der Waals surface area contributed by atoms with Crippen molar-refractivity contribution in [1.82, 2.24) is 4.58 Å². The van der Waals surface area contributed by atoms with Crippen LogP contribution in [0, 0.1) is 6.92 Å². The molecule has 0 N–H and O–H groups in total. The number of hydrogen-bond donors (Lipinski definition) is 0. The van der Waals surface area contributed by atoms with Crippen LogP contribution in [-0.4, -0.2) is 24.8 Å². The Morgan fingerprint density at radius 3 is 2.71 bits per heavy atom. The summed E-state index contributed by atoms with van der Waals surface area (Å²) in [6.07, 6.45) is 3.87. The third-order valence-electron chi connectivity index (χ3n) is 2.64. The first-order valence-corrected chi connectivity index (χ1v) is 8.30. The van der Waals surface area contributed by atoms with Gasteiger partial charge in [0, 0.05) is 23.5 Å². The van der Waals surface area contributed by atoms with E-state index in [-0.39, 0.29) is 5.75 Å².